The average molecular weight is 317 g/mol. The van der Waals surface area contributed by atoms with Crippen LogP contribution in [0.1, 0.15) is 46.0 Å². The zero-order chi connectivity index (χ0) is 15.9. The maximum atomic E-state index is 12.8. The van der Waals surface area contributed by atoms with E-state index < -0.39 is 9.84 Å². The predicted molar refractivity (Wildman–Crippen MR) is 81.7 cm³/mol. The number of nitrogens with one attached hydrogen (secondary N) is 1. The number of esters is 1. The van der Waals surface area contributed by atoms with Gasteiger partial charge in [-0.1, -0.05) is 13.8 Å². The lowest BCUT2D eigenvalue weighted by molar-refractivity contribution is -0.141. The SMILES string of the molecule is CNC1C(S(=O)(=O)CC2(CC(=O)OC)CC2)CCC1(C)C. The quantitative estimate of drug-likeness (QED) is 0.752. The van der Waals surface area contributed by atoms with E-state index in [1.54, 1.807) is 0 Å². The number of methoxy groups -OCH3 is 1. The summed E-state index contributed by atoms with van der Waals surface area (Å²) in [5.41, 5.74) is -0.373. The summed E-state index contributed by atoms with van der Waals surface area (Å²) in [4.78, 5) is 11.5. The summed E-state index contributed by atoms with van der Waals surface area (Å²) < 4.78 is 30.3. The molecule has 5 nitrogen and oxygen atoms in total. The second-order valence-electron chi connectivity index (χ2n) is 7.39. The van der Waals surface area contributed by atoms with E-state index >= 15 is 0 Å². The Morgan fingerprint density at radius 3 is 2.38 bits per heavy atom. The predicted octanol–water partition coefficient (Wildman–Crippen LogP) is 1.52. The van der Waals surface area contributed by atoms with Gasteiger partial charge in [-0.3, -0.25) is 4.79 Å². The molecule has 2 unspecified atom stereocenters. The van der Waals surface area contributed by atoms with Crippen LogP contribution in [-0.2, 0) is 19.4 Å². The third-order valence-electron chi connectivity index (χ3n) is 5.27. The number of hydrogen-bond donors (Lipinski definition) is 1. The van der Waals surface area contributed by atoms with Crippen molar-refractivity contribution < 1.29 is 17.9 Å². The Morgan fingerprint density at radius 1 is 1.29 bits per heavy atom. The van der Waals surface area contributed by atoms with Gasteiger partial charge in [-0.05, 0) is 43.6 Å². The molecule has 0 aromatic heterocycles. The van der Waals surface area contributed by atoms with Crippen molar-refractivity contribution >= 4 is 15.8 Å². The lowest BCUT2D eigenvalue weighted by Crippen LogP contribution is -2.47. The van der Waals surface area contributed by atoms with Crippen LogP contribution in [0.4, 0.5) is 0 Å². The minimum Gasteiger partial charge on any atom is -0.469 e. The molecular formula is C15H27NO4S. The summed E-state index contributed by atoms with van der Waals surface area (Å²) in [6.45, 7) is 4.23. The Hall–Kier alpha value is -0.620. The van der Waals surface area contributed by atoms with Crippen molar-refractivity contribution in [3.8, 4) is 0 Å². The van der Waals surface area contributed by atoms with Crippen molar-refractivity contribution in [2.45, 2.75) is 57.2 Å². The van der Waals surface area contributed by atoms with Gasteiger partial charge in [-0.15, -0.1) is 0 Å². The fraction of sp³-hybridized carbons (Fsp3) is 0.933. The molecule has 0 radical (unpaired) electrons. The molecule has 0 saturated heterocycles. The largest absolute Gasteiger partial charge is 0.469 e. The fourth-order valence-electron chi connectivity index (χ4n) is 3.76. The van der Waals surface area contributed by atoms with Crippen LogP contribution >= 0.6 is 0 Å². The Morgan fingerprint density at radius 2 is 1.90 bits per heavy atom. The molecule has 0 bridgehead atoms. The van der Waals surface area contributed by atoms with Crippen LogP contribution in [0.3, 0.4) is 0 Å². The van der Waals surface area contributed by atoms with Gasteiger partial charge >= 0.3 is 5.97 Å². The number of carbonyl (C=O) groups excluding carboxylic acids is 1. The maximum Gasteiger partial charge on any atom is 0.306 e. The standard InChI is InChI=1S/C15H27NO4S/c1-14(2)6-5-11(13(14)16-3)21(18,19)10-15(7-8-15)9-12(17)20-4/h11,13,16H,5-10H2,1-4H3. The molecule has 2 aliphatic rings. The van der Waals surface area contributed by atoms with Crippen LogP contribution in [0.2, 0.25) is 0 Å². The van der Waals surface area contributed by atoms with Gasteiger partial charge in [0.15, 0.2) is 9.84 Å². The molecule has 122 valence electrons. The van der Waals surface area contributed by atoms with Gasteiger partial charge < -0.3 is 10.1 Å². The number of rotatable bonds is 6. The van der Waals surface area contributed by atoms with Crippen molar-refractivity contribution in [3.63, 3.8) is 0 Å². The van der Waals surface area contributed by atoms with Crippen molar-refractivity contribution in [1.29, 1.82) is 0 Å². The second-order valence-corrected chi connectivity index (χ2v) is 9.61. The van der Waals surface area contributed by atoms with E-state index in [4.69, 9.17) is 4.74 Å². The zero-order valence-electron chi connectivity index (χ0n) is 13.4. The summed E-state index contributed by atoms with van der Waals surface area (Å²) in [7, 11) is -0.0261. The number of hydrogen-bond acceptors (Lipinski definition) is 5. The summed E-state index contributed by atoms with van der Waals surface area (Å²) in [5.74, 6) is -0.187. The molecule has 2 atom stereocenters. The fourth-order valence-corrected chi connectivity index (χ4v) is 6.62. The first-order valence-electron chi connectivity index (χ1n) is 7.61. The summed E-state index contributed by atoms with van der Waals surface area (Å²) in [5, 5.41) is 2.86. The van der Waals surface area contributed by atoms with Crippen LogP contribution < -0.4 is 5.32 Å². The first kappa shape index (κ1) is 16.7. The molecule has 0 aliphatic heterocycles. The van der Waals surface area contributed by atoms with Crippen LogP contribution in [-0.4, -0.2) is 45.6 Å². The van der Waals surface area contributed by atoms with Crippen molar-refractivity contribution in [2.75, 3.05) is 19.9 Å². The van der Waals surface area contributed by atoms with E-state index in [0.29, 0.717) is 6.42 Å². The molecule has 2 rings (SSSR count). The molecule has 2 saturated carbocycles. The highest BCUT2D eigenvalue weighted by Gasteiger charge is 2.53. The van der Waals surface area contributed by atoms with Crippen molar-refractivity contribution in [2.24, 2.45) is 10.8 Å². The van der Waals surface area contributed by atoms with E-state index in [-0.39, 0.29) is 40.3 Å². The average Bonchev–Trinajstić information content (AvgIpc) is 3.02. The Kier molecular flexibility index (Phi) is 4.42. The highest BCUT2D eigenvalue weighted by Crippen LogP contribution is 2.52. The minimum atomic E-state index is -3.21. The minimum absolute atomic E-state index is 0.00838. The molecule has 0 heterocycles. The van der Waals surface area contributed by atoms with Crippen LogP contribution in [0.15, 0.2) is 0 Å². The molecule has 2 fully saturated rings. The molecule has 0 aromatic carbocycles. The van der Waals surface area contributed by atoms with Gasteiger partial charge in [0, 0.05) is 6.04 Å². The molecule has 0 amide bonds. The number of sulfone groups is 1. The lowest BCUT2D eigenvalue weighted by atomic mass is 9.87. The Bertz CT molecular complexity index is 508. The van der Waals surface area contributed by atoms with Gasteiger partial charge in [-0.25, -0.2) is 8.42 Å². The van der Waals surface area contributed by atoms with E-state index in [0.717, 1.165) is 19.3 Å². The maximum absolute atomic E-state index is 12.8. The zero-order valence-corrected chi connectivity index (χ0v) is 14.3. The summed E-state index contributed by atoms with van der Waals surface area (Å²) in [6.07, 6.45) is 3.45. The Balaban J connectivity index is 2.11. The van der Waals surface area contributed by atoms with Gasteiger partial charge in [0.05, 0.1) is 24.5 Å². The van der Waals surface area contributed by atoms with Crippen molar-refractivity contribution in [1.82, 2.24) is 5.32 Å². The molecule has 6 heteroatoms. The number of ether oxygens (including phenoxy) is 1. The molecule has 21 heavy (non-hydrogen) atoms. The van der Waals surface area contributed by atoms with Crippen molar-refractivity contribution in [3.05, 3.63) is 0 Å². The molecular weight excluding hydrogens is 290 g/mol. The summed E-state index contributed by atoms with van der Waals surface area (Å²) in [6, 6.07) is -0.0172. The smallest absolute Gasteiger partial charge is 0.306 e. The molecule has 1 N–H and O–H groups in total. The molecule has 0 aromatic rings. The second kappa shape index (κ2) is 5.54. The number of carbonyl (C=O) groups is 1. The van der Waals surface area contributed by atoms with E-state index in [2.05, 4.69) is 19.2 Å². The third-order valence-corrected chi connectivity index (χ3v) is 7.72. The van der Waals surface area contributed by atoms with Gasteiger partial charge in [0.25, 0.3) is 0 Å². The van der Waals surface area contributed by atoms with Gasteiger partial charge in [0.1, 0.15) is 0 Å². The van der Waals surface area contributed by atoms with E-state index in [1.165, 1.54) is 7.11 Å². The monoisotopic (exact) mass is 317 g/mol. The van der Waals surface area contributed by atoms with Crippen LogP contribution in [0, 0.1) is 10.8 Å². The van der Waals surface area contributed by atoms with Crippen LogP contribution in [0.25, 0.3) is 0 Å². The topological polar surface area (TPSA) is 72.5 Å². The first-order valence-corrected chi connectivity index (χ1v) is 9.33. The molecule has 0 spiro atoms. The van der Waals surface area contributed by atoms with Gasteiger partial charge in [-0.2, -0.15) is 0 Å². The van der Waals surface area contributed by atoms with Gasteiger partial charge in [0.2, 0.25) is 0 Å². The van der Waals surface area contributed by atoms with E-state index in [1.807, 2.05) is 7.05 Å². The highest BCUT2D eigenvalue weighted by molar-refractivity contribution is 7.92. The van der Waals surface area contributed by atoms with Crippen LogP contribution in [0.5, 0.6) is 0 Å². The van der Waals surface area contributed by atoms with E-state index in [9.17, 15) is 13.2 Å². The summed E-state index contributed by atoms with van der Waals surface area (Å²) >= 11 is 0. The lowest BCUT2D eigenvalue weighted by Gasteiger charge is -2.30. The highest BCUT2D eigenvalue weighted by atomic mass is 32.2. The first-order chi connectivity index (χ1) is 9.66. The Labute approximate surface area is 127 Å². The third kappa shape index (κ3) is 3.42. The molecule has 2 aliphatic carbocycles. The normalized spacial score (nSPS) is 30.1.